The summed E-state index contributed by atoms with van der Waals surface area (Å²) in [6, 6.07) is 0. The zero-order chi connectivity index (χ0) is 9.10. The lowest BCUT2D eigenvalue weighted by molar-refractivity contribution is 0.194. The summed E-state index contributed by atoms with van der Waals surface area (Å²) in [6.07, 6.45) is 15.0. The maximum absolute atomic E-state index is 2.44. The summed E-state index contributed by atoms with van der Waals surface area (Å²) in [4.78, 5) is 0. The standard InChI is InChI=1S/C13H22/c1-11-6-5-9-13(10-11)12-7-3-2-4-8-12/h2-3,11-13H,4-10H2,1H3. The van der Waals surface area contributed by atoms with Crippen molar-refractivity contribution in [3.63, 3.8) is 0 Å². The highest BCUT2D eigenvalue weighted by Gasteiger charge is 2.26. The molecule has 74 valence electrons. The van der Waals surface area contributed by atoms with E-state index in [1.807, 2.05) is 0 Å². The fourth-order valence-corrected chi connectivity index (χ4v) is 3.15. The predicted molar refractivity (Wildman–Crippen MR) is 57.6 cm³/mol. The van der Waals surface area contributed by atoms with Crippen LogP contribution in [0.2, 0.25) is 0 Å². The van der Waals surface area contributed by atoms with Crippen LogP contribution in [0.15, 0.2) is 12.2 Å². The molecular formula is C13H22. The van der Waals surface area contributed by atoms with Gasteiger partial charge in [0.15, 0.2) is 0 Å². The molecule has 2 aliphatic rings. The van der Waals surface area contributed by atoms with Gasteiger partial charge in [-0.05, 0) is 43.4 Å². The Balaban J connectivity index is 1.88. The Kier molecular flexibility index (Phi) is 3.08. The van der Waals surface area contributed by atoms with Gasteiger partial charge >= 0.3 is 0 Å². The summed E-state index contributed by atoms with van der Waals surface area (Å²) in [5.41, 5.74) is 0. The Labute approximate surface area is 82.4 Å². The summed E-state index contributed by atoms with van der Waals surface area (Å²) in [5.74, 6) is 3.10. The number of hydrogen-bond donors (Lipinski definition) is 0. The highest BCUT2D eigenvalue weighted by molar-refractivity contribution is 4.92. The fourth-order valence-electron chi connectivity index (χ4n) is 3.15. The summed E-state index contributed by atoms with van der Waals surface area (Å²) >= 11 is 0. The van der Waals surface area contributed by atoms with Gasteiger partial charge in [0.05, 0.1) is 0 Å². The SMILES string of the molecule is CC1CCCC(C2CC=CCC2)C1. The van der Waals surface area contributed by atoms with E-state index >= 15 is 0 Å². The topological polar surface area (TPSA) is 0 Å². The van der Waals surface area contributed by atoms with Gasteiger partial charge in [0.2, 0.25) is 0 Å². The number of rotatable bonds is 1. The third-order valence-electron chi connectivity index (χ3n) is 3.95. The molecule has 0 N–H and O–H groups in total. The van der Waals surface area contributed by atoms with Crippen molar-refractivity contribution in [2.75, 3.05) is 0 Å². The molecule has 0 saturated heterocycles. The minimum Gasteiger partial charge on any atom is -0.0885 e. The van der Waals surface area contributed by atoms with Gasteiger partial charge in [0, 0.05) is 0 Å². The molecule has 0 bridgehead atoms. The Morgan fingerprint density at radius 2 is 1.92 bits per heavy atom. The highest BCUT2D eigenvalue weighted by Crippen LogP contribution is 2.38. The third-order valence-corrected chi connectivity index (χ3v) is 3.95. The van der Waals surface area contributed by atoms with Crippen molar-refractivity contribution < 1.29 is 0 Å². The Morgan fingerprint density at radius 3 is 2.62 bits per heavy atom. The van der Waals surface area contributed by atoms with Crippen LogP contribution >= 0.6 is 0 Å². The molecule has 0 amide bonds. The maximum Gasteiger partial charge on any atom is -0.0319 e. The van der Waals surface area contributed by atoms with Crippen molar-refractivity contribution in [3.8, 4) is 0 Å². The Morgan fingerprint density at radius 1 is 1.00 bits per heavy atom. The van der Waals surface area contributed by atoms with E-state index in [0.29, 0.717) is 0 Å². The summed E-state index contributed by atoms with van der Waals surface area (Å²) < 4.78 is 0. The predicted octanol–water partition coefficient (Wildman–Crippen LogP) is 4.17. The molecule has 2 rings (SSSR count). The van der Waals surface area contributed by atoms with E-state index in [4.69, 9.17) is 0 Å². The zero-order valence-electron chi connectivity index (χ0n) is 8.84. The minimum absolute atomic E-state index is 1.00. The summed E-state index contributed by atoms with van der Waals surface area (Å²) in [6.45, 7) is 2.44. The van der Waals surface area contributed by atoms with Crippen molar-refractivity contribution in [1.82, 2.24) is 0 Å². The summed E-state index contributed by atoms with van der Waals surface area (Å²) in [7, 11) is 0. The van der Waals surface area contributed by atoms with E-state index in [1.165, 1.54) is 44.9 Å². The van der Waals surface area contributed by atoms with Crippen LogP contribution in [0.4, 0.5) is 0 Å². The van der Waals surface area contributed by atoms with Gasteiger partial charge < -0.3 is 0 Å². The molecule has 0 spiro atoms. The molecule has 0 aromatic carbocycles. The molecule has 0 heterocycles. The lowest BCUT2D eigenvalue weighted by atomic mass is 9.72. The lowest BCUT2D eigenvalue weighted by Crippen LogP contribution is -2.22. The molecule has 0 heteroatoms. The van der Waals surface area contributed by atoms with Crippen LogP contribution in [0.5, 0.6) is 0 Å². The second-order valence-electron chi connectivity index (χ2n) is 5.08. The third kappa shape index (κ3) is 2.36. The molecule has 0 aromatic heterocycles. The molecular weight excluding hydrogens is 156 g/mol. The second-order valence-corrected chi connectivity index (χ2v) is 5.08. The molecule has 0 aliphatic heterocycles. The smallest absolute Gasteiger partial charge is 0.0319 e. The molecule has 1 fully saturated rings. The van der Waals surface area contributed by atoms with E-state index in [-0.39, 0.29) is 0 Å². The first-order valence-corrected chi connectivity index (χ1v) is 6.01. The van der Waals surface area contributed by atoms with E-state index in [2.05, 4.69) is 19.1 Å². The molecule has 0 radical (unpaired) electrons. The van der Waals surface area contributed by atoms with Crippen molar-refractivity contribution in [2.45, 2.75) is 51.9 Å². The van der Waals surface area contributed by atoms with Crippen molar-refractivity contribution in [3.05, 3.63) is 12.2 Å². The molecule has 0 nitrogen and oxygen atoms in total. The fraction of sp³-hybridized carbons (Fsp3) is 0.846. The second kappa shape index (κ2) is 4.30. The first-order valence-electron chi connectivity index (χ1n) is 6.01. The van der Waals surface area contributed by atoms with Crippen LogP contribution in [0.1, 0.15) is 51.9 Å². The molecule has 13 heavy (non-hydrogen) atoms. The average molecular weight is 178 g/mol. The van der Waals surface area contributed by atoms with Gasteiger partial charge in [-0.1, -0.05) is 38.3 Å². The molecule has 0 aromatic rings. The lowest BCUT2D eigenvalue weighted by Gasteiger charge is -2.34. The average Bonchev–Trinajstić information content (AvgIpc) is 2.19. The summed E-state index contributed by atoms with van der Waals surface area (Å²) in [5, 5.41) is 0. The highest BCUT2D eigenvalue weighted by atomic mass is 14.3. The van der Waals surface area contributed by atoms with E-state index in [0.717, 1.165) is 17.8 Å². The van der Waals surface area contributed by atoms with Crippen LogP contribution in [0.3, 0.4) is 0 Å². The minimum atomic E-state index is 1.00. The van der Waals surface area contributed by atoms with Gasteiger partial charge in [0.25, 0.3) is 0 Å². The quantitative estimate of drug-likeness (QED) is 0.529. The first-order chi connectivity index (χ1) is 6.36. The molecule has 3 atom stereocenters. The zero-order valence-corrected chi connectivity index (χ0v) is 8.84. The Bertz CT molecular complexity index is 180. The normalized spacial score (nSPS) is 40.5. The molecule has 3 unspecified atom stereocenters. The van der Waals surface area contributed by atoms with Crippen LogP contribution in [-0.2, 0) is 0 Å². The maximum atomic E-state index is 2.44. The van der Waals surface area contributed by atoms with Crippen LogP contribution in [-0.4, -0.2) is 0 Å². The monoisotopic (exact) mass is 178 g/mol. The number of allylic oxidation sites excluding steroid dienone is 2. The first kappa shape index (κ1) is 9.30. The molecule has 1 saturated carbocycles. The van der Waals surface area contributed by atoms with Crippen molar-refractivity contribution in [1.29, 1.82) is 0 Å². The van der Waals surface area contributed by atoms with Gasteiger partial charge in [-0.2, -0.15) is 0 Å². The molecule has 2 aliphatic carbocycles. The van der Waals surface area contributed by atoms with Gasteiger partial charge in [0.1, 0.15) is 0 Å². The van der Waals surface area contributed by atoms with Crippen molar-refractivity contribution in [2.24, 2.45) is 17.8 Å². The number of hydrogen-bond acceptors (Lipinski definition) is 0. The van der Waals surface area contributed by atoms with Gasteiger partial charge in [-0.3, -0.25) is 0 Å². The van der Waals surface area contributed by atoms with Crippen LogP contribution in [0.25, 0.3) is 0 Å². The van der Waals surface area contributed by atoms with Gasteiger partial charge in [-0.25, -0.2) is 0 Å². The van der Waals surface area contributed by atoms with Crippen LogP contribution in [0, 0.1) is 17.8 Å². The van der Waals surface area contributed by atoms with Crippen molar-refractivity contribution >= 4 is 0 Å². The van der Waals surface area contributed by atoms with Gasteiger partial charge in [-0.15, -0.1) is 0 Å². The Hall–Kier alpha value is -0.260. The largest absolute Gasteiger partial charge is 0.0885 e. The van der Waals surface area contributed by atoms with E-state index in [9.17, 15) is 0 Å². The van der Waals surface area contributed by atoms with E-state index < -0.39 is 0 Å². The van der Waals surface area contributed by atoms with E-state index in [1.54, 1.807) is 0 Å². The van der Waals surface area contributed by atoms with Crippen LogP contribution < -0.4 is 0 Å².